The van der Waals surface area contributed by atoms with E-state index >= 15 is 0 Å². The van der Waals surface area contributed by atoms with Crippen molar-refractivity contribution in [3.05, 3.63) is 59.2 Å². The summed E-state index contributed by atoms with van der Waals surface area (Å²) in [5, 5.41) is 9.40. The number of carbonyl (C=O) groups excluding carboxylic acids is 1. The quantitative estimate of drug-likeness (QED) is 0.315. The van der Waals surface area contributed by atoms with Gasteiger partial charge in [-0.15, -0.1) is 0 Å². The van der Waals surface area contributed by atoms with Crippen LogP contribution in [-0.4, -0.2) is 58.4 Å². The van der Waals surface area contributed by atoms with E-state index in [2.05, 4.69) is 46.1 Å². The Hall–Kier alpha value is -3.26. The van der Waals surface area contributed by atoms with Gasteiger partial charge in [0.1, 0.15) is 17.6 Å². The van der Waals surface area contributed by atoms with Crippen molar-refractivity contribution in [3.8, 4) is 11.5 Å². The Balaban J connectivity index is 1.44. The van der Waals surface area contributed by atoms with Crippen LogP contribution in [0, 0.1) is 6.92 Å². The summed E-state index contributed by atoms with van der Waals surface area (Å²) in [4.78, 5) is 16.5. The lowest BCUT2D eigenvalue weighted by molar-refractivity contribution is 0.0954. The van der Waals surface area contributed by atoms with Crippen molar-refractivity contribution >= 4 is 11.9 Å². The summed E-state index contributed by atoms with van der Waals surface area (Å²) in [7, 11) is 3.31. The molecule has 1 heterocycles. The number of rotatable bonds is 9. The summed E-state index contributed by atoms with van der Waals surface area (Å²) in [6.07, 6.45) is 1.01. The predicted molar refractivity (Wildman–Crippen MR) is 125 cm³/mol. The second-order valence-electron chi connectivity index (χ2n) is 7.55. The summed E-state index contributed by atoms with van der Waals surface area (Å²) >= 11 is 0. The maximum Gasteiger partial charge on any atom is 0.251 e. The summed E-state index contributed by atoms with van der Waals surface area (Å²) in [5.41, 5.74) is 2.80. The molecule has 0 bridgehead atoms. The van der Waals surface area contributed by atoms with Crippen molar-refractivity contribution < 1.29 is 19.0 Å². The van der Waals surface area contributed by atoms with Gasteiger partial charge in [0, 0.05) is 44.2 Å². The molecule has 0 spiro atoms. The van der Waals surface area contributed by atoms with Crippen LogP contribution in [0.1, 0.15) is 27.9 Å². The van der Waals surface area contributed by atoms with E-state index < -0.39 is 0 Å². The number of ether oxygens (including phenoxy) is 3. The van der Waals surface area contributed by atoms with E-state index in [0.717, 1.165) is 35.7 Å². The summed E-state index contributed by atoms with van der Waals surface area (Å²) in [5.74, 6) is 2.11. The first-order valence-electron chi connectivity index (χ1n) is 10.8. The molecule has 1 unspecified atom stereocenters. The lowest BCUT2D eigenvalue weighted by atomic mass is 10.1. The lowest BCUT2D eigenvalue weighted by Crippen LogP contribution is -2.41. The molecule has 1 fully saturated rings. The third-order valence-electron chi connectivity index (χ3n) is 5.13. The number of aryl methyl sites for hydroxylation is 1. The highest BCUT2D eigenvalue weighted by atomic mass is 16.5. The van der Waals surface area contributed by atoms with Gasteiger partial charge in [0.05, 0.1) is 20.3 Å². The summed E-state index contributed by atoms with van der Waals surface area (Å²) in [6, 6.07) is 13.2. The topological polar surface area (TPSA) is 93.2 Å². The van der Waals surface area contributed by atoms with Crippen LogP contribution >= 0.6 is 0 Å². The summed E-state index contributed by atoms with van der Waals surface area (Å²) < 4.78 is 16.7. The minimum atomic E-state index is -0.130. The monoisotopic (exact) mass is 440 g/mol. The van der Waals surface area contributed by atoms with Crippen molar-refractivity contribution in [2.24, 2.45) is 4.99 Å². The van der Waals surface area contributed by atoms with Gasteiger partial charge in [-0.25, -0.2) is 0 Å². The molecule has 1 aliphatic rings. The molecule has 172 valence electrons. The zero-order chi connectivity index (χ0) is 22.8. The van der Waals surface area contributed by atoms with E-state index in [1.165, 1.54) is 0 Å². The Bertz CT molecular complexity index is 909. The third-order valence-corrected chi connectivity index (χ3v) is 5.13. The third kappa shape index (κ3) is 6.88. The molecule has 3 N–H and O–H groups in total. The average Bonchev–Trinajstić information content (AvgIpc) is 3.32. The zero-order valence-electron chi connectivity index (χ0n) is 18.9. The number of guanidine groups is 1. The SMILES string of the molecule is CN=C(NCCNC(=O)c1ccc(OC)cc1)NCc1ccc(C)cc1OC1CCOC1. The number of nitrogens with zero attached hydrogens (tertiary/aromatic N) is 1. The zero-order valence-corrected chi connectivity index (χ0v) is 18.9. The van der Waals surface area contributed by atoms with Gasteiger partial charge < -0.3 is 30.2 Å². The van der Waals surface area contributed by atoms with Gasteiger partial charge in [0.15, 0.2) is 5.96 Å². The fourth-order valence-electron chi connectivity index (χ4n) is 3.30. The number of amides is 1. The van der Waals surface area contributed by atoms with Crippen molar-refractivity contribution in [1.82, 2.24) is 16.0 Å². The smallest absolute Gasteiger partial charge is 0.251 e. The highest BCUT2D eigenvalue weighted by Gasteiger charge is 2.18. The number of carbonyl (C=O) groups is 1. The van der Waals surface area contributed by atoms with E-state index in [-0.39, 0.29) is 12.0 Å². The second kappa shape index (κ2) is 12.0. The molecule has 8 nitrogen and oxygen atoms in total. The molecule has 32 heavy (non-hydrogen) atoms. The van der Waals surface area contributed by atoms with Gasteiger partial charge >= 0.3 is 0 Å². The molecule has 3 rings (SSSR count). The Morgan fingerprint density at radius 1 is 1.12 bits per heavy atom. The van der Waals surface area contributed by atoms with Crippen LogP contribution < -0.4 is 25.4 Å². The molecule has 1 saturated heterocycles. The molecule has 0 radical (unpaired) electrons. The first-order valence-corrected chi connectivity index (χ1v) is 10.8. The molecule has 0 aliphatic carbocycles. The molecular weight excluding hydrogens is 408 g/mol. The fourth-order valence-corrected chi connectivity index (χ4v) is 3.30. The average molecular weight is 441 g/mol. The largest absolute Gasteiger partial charge is 0.497 e. The van der Waals surface area contributed by atoms with E-state index in [9.17, 15) is 4.79 Å². The second-order valence-corrected chi connectivity index (χ2v) is 7.55. The van der Waals surface area contributed by atoms with E-state index in [0.29, 0.717) is 37.8 Å². The van der Waals surface area contributed by atoms with Crippen molar-refractivity contribution in [3.63, 3.8) is 0 Å². The minimum Gasteiger partial charge on any atom is -0.497 e. The van der Waals surface area contributed by atoms with Gasteiger partial charge in [0.25, 0.3) is 5.91 Å². The van der Waals surface area contributed by atoms with Crippen molar-refractivity contribution in [2.45, 2.75) is 26.0 Å². The predicted octanol–water partition coefficient (Wildman–Crippen LogP) is 2.27. The number of hydrogen-bond acceptors (Lipinski definition) is 5. The fraction of sp³-hybridized carbons (Fsp3) is 0.417. The van der Waals surface area contributed by atoms with Crippen molar-refractivity contribution in [1.29, 1.82) is 0 Å². The minimum absolute atomic E-state index is 0.0994. The normalized spacial score (nSPS) is 15.8. The molecule has 0 aromatic heterocycles. The highest BCUT2D eigenvalue weighted by Crippen LogP contribution is 2.23. The van der Waals surface area contributed by atoms with Gasteiger partial charge in [-0.1, -0.05) is 12.1 Å². The van der Waals surface area contributed by atoms with E-state index in [4.69, 9.17) is 14.2 Å². The molecular formula is C24H32N4O4. The highest BCUT2D eigenvalue weighted by molar-refractivity contribution is 5.94. The number of nitrogens with one attached hydrogen (secondary N) is 3. The van der Waals surface area contributed by atoms with E-state index in [1.807, 2.05) is 0 Å². The number of methoxy groups -OCH3 is 1. The molecule has 1 atom stereocenters. The molecule has 0 saturated carbocycles. The molecule has 2 aromatic carbocycles. The van der Waals surface area contributed by atoms with Crippen LogP contribution in [0.5, 0.6) is 11.5 Å². The Labute approximate surface area is 189 Å². The lowest BCUT2D eigenvalue weighted by Gasteiger charge is -2.18. The van der Waals surface area contributed by atoms with Gasteiger partial charge in [-0.2, -0.15) is 0 Å². The molecule has 8 heteroatoms. The Morgan fingerprint density at radius 2 is 1.91 bits per heavy atom. The molecule has 1 amide bonds. The Morgan fingerprint density at radius 3 is 2.59 bits per heavy atom. The van der Waals surface area contributed by atoms with E-state index in [1.54, 1.807) is 38.4 Å². The first kappa shape index (κ1) is 23.4. The maximum absolute atomic E-state index is 12.2. The van der Waals surface area contributed by atoms with Crippen LogP contribution in [0.25, 0.3) is 0 Å². The maximum atomic E-state index is 12.2. The van der Waals surface area contributed by atoms with Gasteiger partial charge in [-0.3, -0.25) is 9.79 Å². The summed E-state index contributed by atoms with van der Waals surface area (Å²) in [6.45, 7) is 5.00. The van der Waals surface area contributed by atoms with Crippen LogP contribution in [0.3, 0.4) is 0 Å². The Kier molecular flexibility index (Phi) is 8.74. The molecule has 2 aromatic rings. The van der Waals surface area contributed by atoms with Crippen LogP contribution in [0.4, 0.5) is 0 Å². The number of benzene rings is 2. The van der Waals surface area contributed by atoms with Gasteiger partial charge in [0.2, 0.25) is 0 Å². The van der Waals surface area contributed by atoms with Crippen molar-refractivity contribution in [2.75, 3.05) is 40.5 Å². The molecule has 1 aliphatic heterocycles. The van der Waals surface area contributed by atoms with Gasteiger partial charge in [-0.05, 0) is 42.8 Å². The number of aliphatic imine (C=N–C) groups is 1. The standard InChI is InChI=1S/C24H32N4O4/c1-17-4-5-19(22(14-17)32-21-10-13-31-16-21)15-28-24(25-2)27-12-11-26-23(29)18-6-8-20(30-3)9-7-18/h4-9,14,21H,10-13,15-16H2,1-3H3,(H,26,29)(H2,25,27,28). The van der Waals surface area contributed by atoms with Crippen LogP contribution in [0.2, 0.25) is 0 Å². The van der Waals surface area contributed by atoms with Crippen LogP contribution in [-0.2, 0) is 11.3 Å². The first-order chi connectivity index (χ1) is 15.6. The van der Waals surface area contributed by atoms with Crippen LogP contribution in [0.15, 0.2) is 47.5 Å². The number of hydrogen-bond donors (Lipinski definition) is 3.